The van der Waals surface area contributed by atoms with Crippen molar-refractivity contribution in [2.45, 2.75) is 19.5 Å². The van der Waals surface area contributed by atoms with Crippen LogP contribution in [0.15, 0.2) is 66.0 Å². The van der Waals surface area contributed by atoms with E-state index in [0.717, 1.165) is 30.8 Å². The average Bonchev–Trinajstić information content (AvgIpc) is 3.34. The molecule has 0 spiro atoms. The highest BCUT2D eigenvalue weighted by atomic mass is 32.1. The maximum absolute atomic E-state index is 12.5. The molecule has 0 bridgehead atoms. The Balaban J connectivity index is 1.48. The summed E-state index contributed by atoms with van der Waals surface area (Å²) >= 11 is 1.70. The van der Waals surface area contributed by atoms with Crippen LogP contribution in [0.3, 0.4) is 0 Å². The lowest BCUT2D eigenvalue weighted by Gasteiger charge is -2.21. The predicted octanol–water partition coefficient (Wildman–Crippen LogP) is 4.35. The van der Waals surface area contributed by atoms with Gasteiger partial charge in [0.05, 0.1) is 27.4 Å². The minimum Gasteiger partial charge on any atom is -0.493 e. The number of hydrogen-bond donors (Lipinski definition) is 1. The second kappa shape index (κ2) is 12.7. The van der Waals surface area contributed by atoms with Crippen LogP contribution in [-0.2, 0) is 17.9 Å². The molecule has 7 heteroatoms. The molecule has 3 aromatic rings. The van der Waals surface area contributed by atoms with Crippen molar-refractivity contribution in [3.8, 4) is 17.2 Å². The standard InChI is InChI=1S/C25H30N2O4S/c1-29-23-12-11-21(16-24(23)30-2)31-14-7-13-27(18-22-10-6-15-32-22)19-25(28)26-17-20-8-4-3-5-9-20/h3-6,8-12,15-16H,7,13-14,17-19H2,1-2H3,(H,26,28). The van der Waals surface area contributed by atoms with E-state index in [9.17, 15) is 4.79 Å². The van der Waals surface area contributed by atoms with Gasteiger partial charge in [0.2, 0.25) is 5.91 Å². The molecule has 1 amide bonds. The normalized spacial score (nSPS) is 10.7. The Hall–Kier alpha value is -3.03. The molecular weight excluding hydrogens is 424 g/mol. The third-order valence-electron chi connectivity index (χ3n) is 4.90. The van der Waals surface area contributed by atoms with Crippen molar-refractivity contribution in [2.75, 3.05) is 33.9 Å². The molecule has 1 heterocycles. The fourth-order valence-corrected chi connectivity index (χ4v) is 4.02. The van der Waals surface area contributed by atoms with E-state index in [-0.39, 0.29) is 5.91 Å². The largest absolute Gasteiger partial charge is 0.493 e. The summed E-state index contributed by atoms with van der Waals surface area (Å²) in [6.07, 6.45) is 0.797. The molecule has 0 radical (unpaired) electrons. The Morgan fingerprint density at radius 2 is 1.81 bits per heavy atom. The average molecular weight is 455 g/mol. The van der Waals surface area contributed by atoms with Crippen molar-refractivity contribution >= 4 is 17.2 Å². The highest BCUT2D eigenvalue weighted by Gasteiger charge is 2.12. The lowest BCUT2D eigenvalue weighted by Crippen LogP contribution is -2.37. The molecule has 0 saturated carbocycles. The van der Waals surface area contributed by atoms with Gasteiger partial charge in [0.15, 0.2) is 11.5 Å². The molecule has 2 aromatic carbocycles. The highest BCUT2D eigenvalue weighted by molar-refractivity contribution is 7.09. The molecule has 1 aromatic heterocycles. The molecule has 32 heavy (non-hydrogen) atoms. The second-order valence-corrected chi connectivity index (χ2v) is 8.30. The van der Waals surface area contributed by atoms with E-state index in [2.05, 4.69) is 21.7 Å². The van der Waals surface area contributed by atoms with Crippen LogP contribution in [-0.4, -0.2) is 44.7 Å². The first-order chi connectivity index (χ1) is 15.7. The fourth-order valence-electron chi connectivity index (χ4n) is 3.28. The van der Waals surface area contributed by atoms with Crippen LogP contribution in [0.2, 0.25) is 0 Å². The summed E-state index contributed by atoms with van der Waals surface area (Å²) in [5.41, 5.74) is 1.09. The number of benzene rings is 2. The molecule has 170 valence electrons. The summed E-state index contributed by atoms with van der Waals surface area (Å²) in [4.78, 5) is 15.9. The maximum Gasteiger partial charge on any atom is 0.234 e. The number of carbonyl (C=O) groups is 1. The monoisotopic (exact) mass is 454 g/mol. The third kappa shape index (κ3) is 7.59. The molecule has 3 rings (SSSR count). The van der Waals surface area contributed by atoms with Crippen LogP contribution in [0.1, 0.15) is 16.9 Å². The van der Waals surface area contributed by atoms with Crippen LogP contribution in [0.4, 0.5) is 0 Å². The van der Waals surface area contributed by atoms with Gasteiger partial charge in [-0.3, -0.25) is 9.69 Å². The summed E-state index contributed by atoms with van der Waals surface area (Å²) in [5, 5.41) is 5.07. The van der Waals surface area contributed by atoms with Gasteiger partial charge in [0.1, 0.15) is 5.75 Å². The molecule has 6 nitrogen and oxygen atoms in total. The number of thiophene rings is 1. The number of methoxy groups -OCH3 is 2. The van der Waals surface area contributed by atoms with Crippen LogP contribution < -0.4 is 19.5 Å². The predicted molar refractivity (Wildman–Crippen MR) is 128 cm³/mol. The second-order valence-electron chi connectivity index (χ2n) is 7.27. The van der Waals surface area contributed by atoms with E-state index in [1.165, 1.54) is 4.88 Å². The molecule has 0 atom stereocenters. The number of amides is 1. The zero-order chi connectivity index (χ0) is 22.6. The van der Waals surface area contributed by atoms with Gasteiger partial charge in [-0.15, -0.1) is 11.3 Å². The van der Waals surface area contributed by atoms with Crippen molar-refractivity contribution in [1.82, 2.24) is 10.2 Å². The zero-order valence-corrected chi connectivity index (χ0v) is 19.4. The summed E-state index contributed by atoms with van der Waals surface area (Å²) in [6.45, 7) is 2.93. The number of ether oxygens (including phenoxy) is 3. The summed E-state index contributed by atoms with van der Waals surface area (Å²) in [5.74, 6) is 2.06. The lowest BCUT2D eigenvalue weighted by molar-refractivity contribution is -0.122. The van der Waals surface area contributed by atoms with Gasteiger partial charge >= 0.3 is 0 Å². The third-order valence-corrected chi connectivity index (χ3v) is 5.76. The Kier molecular flexibility index (Phi) is 9.40. The minimum atomic E-state index is 0.0196. The number of nitrogens with one attached hydrogen (secondary N) is 1. The lowest BCUT2D eigenvalue weighted by atomic mass is 10.2. The smallest absolute Gasteiger partial charge is 0.234 e. The molecule has 0 aliphatic heterocycles. The number of carbonyl (C=O) groups excluding carboxylic acids is 1. The number of nitrogens with zero attached hydrogens (tertiary/aromatic N) is 1. The van der Waals surface area contributed by atoms with Crippen LogP contribution in [0, 0.1) is 0 Å². The van der Waals surface area contributed by atoms with Gasteiger partial charge in [0, 0.05) is 30.6 Å². The number of hydrogen-bond acceptors (Lipinski definition) is 6. The summed E-state index contributed by atoms with van der Waals surface area (Å²) in [7, 11) is 3.21. The van der Waals surface area contributed by atoms with Crippen molar-refractivity contribution in [1.29, 1.82) is 0 Å². The molecule has 1 N–H and O–H groups in total. The van der Waals surface area contributed by atoms with E-state index in [1.807, 2.05) is 54.6 Å². The SMILES string of the molecule is COc1ccc(OCCCN(CC(=O)NCc2ccccc2)Cc2cccs2)cc1OC. The van der Waals surface area contributed by atoms with E-state index in [0.29, 0.717) is 31.2 Å². The Bertz CT molecular complexity index is 948. The van der Waals surface area contributed by atoms with Crippen molar-refractivity contribution in [2.24, 2.45) is 0 Å². The van der Waals surface area contributed by atoms with Crippen molar-refractivity contribution < 1.29 is 19.0 Å². The Labute approximate surface area is 193 Å². The molecule has 0 fully saturated rings. The van der Waals surface area contributed by atoms with Gasteiger partial charge < -0.3 is 19.5 Å². The highest BCUT2D eigenvalue weighted by Crippen LogP contribution is 2.30. The van der Waals surface area contributed by atoms with Crippen LogP contribution in [0.5, 0.6) is 17.2 Å². The van der Waals surface area contributed by atoms with Crippen molar-refractivity contribution in [3.63, 3.8) is 0 Å². The van der Waals surface area contributed by atoms with E-state index >= 15 is 0 Å². The van der Waals surface area contributed by atoms with Gasteiger partial charge in [-0.2, -0.15) is 0 Å². The summed E-state index contributed by atoms with van der Waals surface area (Å²) < 4.78 is 16.5. The summed E-state index contributed by atoms with van der Waals surface area (Å²) in [6, 6.07) is 19.6. The van der Waals surface area contributed by atoms with Crippen LogP contribution >= 0.6 is 11.3 Å². The van der Waals surface area contributed by atoms with Gasteiger partial charge in [-0.1, -0.05) is 36.4 Å². The van der Waals surface area contributed by atoms with Gasteiger partial charge in [-0.05, 0) is 35.6 Å². The Morgan fingerprint density at radius 3 is 2.53 bits per heavy atom. The first kappa shape index (κ1) is 23.6. The van der Waals surface area contributed by atoms with Crippen molar-refractivity contribution in [3.05, 3.63) is 76.5 Å². The van der Waals surface area contributed by atoms with E-state index in [1.54, 1.807) is 25.6 Å². The van der Waals surface area contributed by atoms with Gasteiger partial charge in [0.25, 0.3) is 0 Å². The molecular formula is C25H30N2O4S. The Morgan fingerprint density at radius 1 is 1.00 bits per heavy atom. The topological polar surface area (TPSA) is 60.0 Å². The molecule has 0 aliphatic carbocycles. The quantitative estimate of drug-likeness (QED) is 0.389. The maximum atomic E-state index is 12.5. The van der Waals surface area contributed by atoms with Gasteiger partial charge in [-0.25, -0.2) is 0 Å². The molecule has 0 aliphatic rings. The first-order valence-electron chi connectivity index (χ1n) is 10.6. The number of rotatable bonds is 13. The molecule has 0 saturated heterocycles. The minimum absolute atomic E-state index is 0.0196. The van der Waals surface area contributed by atoms with Crippen LogP contribution in [0.25, 0.3) is 0 Å². The zero-order valence-electron chi connectivity index (χ0n) is 18.6. The van der Waals surface area contributed by atoms with E-state index < -0.39 is 0 Å². The first-order valence-corrected chi connectivity index (χ1v) is 11.5. The molecule has 0 unspecified atom stereocenters. The van der Waals surface area contributed by atoms with E-state index in [4.69, 9.17) is 14.2 Å². The fraction of sp³-hybridized carbons (Fsp3) is 0.320.